The minimum Gasteiger partial charge on any atom is -0.494 e. The van der Waals surface area contributed by atoms with E-state index in [0.717, 1.165) is 34.0 Å². The Labute approximate surface area is 196 Å². The first-order chi connectivity index (χ1) is 15.8. The van der Waals surface area contributed by atoms with Gasteiger partial charge in [-0.25, -0.2) is 0 Å². The van der Waals surface area contributed by atoms with Crippen LogP contribution in [0.25, 0.3) is 0 Å². The number of carbonyl (C=O) groups is 1. The van der Waals surface area contributed by atoms with E-state index in [-0.39, 0.29) is 5.97 Å². The minimum atomic E-state index is -0.456. The van der Waals surface area contributed by atoms with Crippen molar-refractivity contribution in [1.29, 1.82) is 0 Å². The molecule has 0 atom stereocenters. The van der Waals surface area contributed by atoms with Crippen LogP contribution < -0.4 is 14.8 Å². The van der Waals surface area contributed by atoms with Gasteiger partial charge in [0, 0.05) is 23.9 Å². The molecule has 0 saturated heterocycles. The van der Waals surface area contributed by atoms with Gasteiger partial charge in [-0.15, -0.1) is 0 Å². The topological polar surface area (TPSA) is 56.8 Å². The zero-order chi connectivity index (χ0) is 23.7. The highest BCUT2D eigenvalue weighted by molar-refractivity contribution is 5.69. The zero-order valence-corrected chi connectivity index (χ0v) is 19.9. The molecule has 0 saturated carbocycles. The summed E-state index contributed by atoms with van der Waals surface area (Å²) in [5.74, 6) is 1.39. The predicted molar refractivity (Wildman–Crippen MR) is 132 cm³/mol. The van der Waals surface area contributed by atoms with Gasteiger partial charge in [-0.1, -0.05) is 36.4 Å². The number of rotatable bonds is 10. The van der Waals surface area contributed by atoms with E-state index in [1.54, 1.807) is 0 Å². The number of aryl methyl sites for hydroxylation is 1. The highest BCUT2D eigenvalue weighted by atomic mass is 16.6. The molecule has 3 aromatic carbocycles. The summed E-state index contributed by atoms with van der Waals surface area (Å²) in [6, 6.07) is 23.9. The number of hydrogen-bond donors (Lipinski definition) is 1. The van der Waals surface area contributed by atoms with Gasteiger partial charge in [-0.3, -0.25) is 4.79 Å². The molecule has 0 aliphatic rings. The predicted octanol–water partition coefficient (Wildman–Crippen LogP) is 6.82. The monoisotopic (exact) mass is 447 g/mol. The van der Waals surface area contributed by atoms with Gasteiger partial charge >= 0.3 is 5.97 Å². The third kappa shape index (κ3) is 8.53. The molecule has 0 amide bonds. The summed E-state index contributed by atoms with van der Waals surface area (Å²) in [5.41, 5.74) is 3.71. The van der Waals surface area contributed by atoms with Crippen LogP contribution in [0.1, 0.15) is 44.7 Å². The van der Waals surface area contributed by atoms with Crippen molar-refractivity contribution >= 4 is 17.3 Å². The van der Waals surface area contributed by atoms with Crippen LogP contribution in [0.3, 0.4) is 0 Å². The number of hydrogen-bond acceptors (Lipinski definition) is 5. The van der Waals surface area contributed by atoms with Crippen LogP contribution in [0.2, 0.25) is 0 Å². The molecule has 5 heteroatoms. The summed E-state index contributed by atoms with van der Waals surface area (Å²) in [6.07, 6.45) is 0.948. The second-order valence-corrected chi connectivity index (χ2v) is 8.94. The van der Waals surface area contributed by atoms with Crippen LogP contribution in [-0.2, 0) is 16.1 Å². The van der Waals surface area contributed by atoms with Crippen LogP contribution >= 0.6 is 0 Å². The van der Waals surface area contributed by atoms with Crippen molar-refractivity contribution in [1.82, 2.24) is 0 Å². The van der Waals surface area contributed by atoms with Crippen LogP contribution in [0.15, 0.2) is 72.8 Å². The van der Waals surface area contributed by atoms with Crippen molar-refractivity contribution < 1.29 is 19.0 Å². The quantitative estimate of drug-likeness (QED) is 0.273. The molecule has 0 radical (unpaired) electrons. The largest absolute Gasteiger partial charge is 0.494 e. The normalized spacial score (nSPS) is 11.0. The number of benzene rings is 3. The number of carbonyl (C=O) groups excluding carboxylic acids is 1. The maximum atomic E-state index is 11.8. The highest BCUT2D eigenvalue weighted by Crippen LogP contribution is 2.27. The standard InChI is InChI=1S/C28H33NO4/c1-21-18-25(32-20-22-10-6-5-7-11-22)15-16-26(21)29-23-12-8-13-24(19-23)31-17-9-14-27(30)33-28(2,3)4/h5-8,10-13,15-16,18-19,29H,9,14,17,20H2,1-4H3. The van der Waals surface area contributed by atoms with E-state index in [1.807, 2.05) is 81.4 Å². The lowest BCUT2D eigenvalue weighted by molar-refractivity contribution is -0.155. The van der Waals surface area contributed by atoms with Crippen molar-refractivity contribution in [3.8, 4) is 11.5 Å². The van der Waals surface area contributed by atoms with Crippen molar-refractivity contribution in [3.05, 3.63) is 83.9 Å². The highest BCUT2D eigenvalue weighted by Gasteiger charge is 2.15. The van der Waals surface area contributed by atoms with Gasteiger partial charge in [0.05, 0.1) is 6.61 Å². The first kappa shape index (κ1) is 24.2. The van der Waals surface area contributed by atoms with Crippen molar-refractivity contribution in [2.24, 2.45) is 0 Å². The van der Waals surface area contributed by atoms with Gasteiger partial charge in [0.2, 0.25) is 0 Å². The summed E-state index contributed by atoms with van der Waals surface area (Å²) in [5, 5.41) is 3.44. The summed E-state index contributed by atoms with van der Waals surface area (Å²) in [7, 11) is 0. The maximum Gasteiger partial charge on any atom is 0.306 e. The lowest BCUT2D eigenvalue weighted by atomic mass is 10.1. The van der Waals surface area contributed by atoms with Crippen molar-refractivity contribution in [2.75, 3.05) is 11.9 Å². The van der Waals surface area contributed by atoms with E-state index in [0.29, 0.717) is 26.1 Å². The fourth-order valence-electron chi connectivity index (χ4n) is 3.23. The molecule has 3 rings (SSSR count). The molecule has 33 heavy (non-hydrogen) atoms. The number of nitrogens with one attached hydrogen (secondary N) is 1. The molecule has 3 aromatic rings. The molecule has 5 nitrogen and oxygen atoms in total. The van der Waals surface area contributed by atoms with Gasteiger partial charge in [0.15, 0.2) is 0 Å². The molecule has 0 bridgehead atoms. The van der Waals surface area contributed by atoms with E-state index in [9.17, 15) is 4.79 Å². The molecule has 0 aliphatic carbocycles. The third-order valence-corrected chi connectivity index (χ3v) is 4.77. The summed E-state index contributed by atoms with van der Waals surface area (Å²) >= 11 is 0. The van der Waals surface area contributed by atoms with Crippen LogP contribution in [0, 0.1) is 6.92 Å². The lowest BCUT2D eigenvalue weighted by Crippen LogP contribution is -2.23. The summed E-state index contributed by atoms with van der Waals surface area (Å²) in [4.78, 5) is 11.8. The molecule has 1 N–H and O–H groups in total. The molecule has 0 spiro atoms. The Morgan fingerprint density at radius 1 is 0.879 bits per heavy atom. The molecule has 0 aliphatic heterocycles. The first-order valence-electron chi connectivity index (χ1n) is 11.3. The van der Waals surface area contributed by atoms with Gasteiger partial charge in [-0.05, 0) is 75.6 Å². The van der Waals surface area contributed by atoms with Crippen LogP contribution in [0.5, 0.6) is 11.5 Å². The smallest absolute Gasteiger partial charge is 0.306 e. The van der Waals surface area contributed by atoms with E-state index in [2.05, 4.69) is 24.4 Å². The average molecular weight is 448 g/mol. The zero-order valence-electron chi connectivity index (χ0n) is 19.9. The van der Waals surface area contributed by atoms with E-state index in [1.165, 1.54) is 0 Å². The Morgan fingerprint density at radius 2 is 1.64 bits per heavy atom. The Kier molecular flexibility index (Phi) is 8.36. The molecule has 0 fully saturated rings. The summed E-state index contributed by atoms with van der Waals surface area (Å²) in [6.45, 7) is 8.65. The van der Waals surface area contributed by atoms with Gasteiger partial charge in [0.25, 0.3) is 0 Å². The Balaban J connectivity index is 1.49. The van der Waals surface area contributed by atoms with Gasteiger partial charge < -0.3 is 19.5 Å². The Bertz CT molecular complexity index is 1040. The molecule has 0 aromatic heterocycles. The fourth-order valence-corrected chi connectivity index (χ4v) is 3.23. The Hall–Kier alpha value is -3.47. The second-order valence-electron chi connectivity index (χ2n) is 8.94. The fraction of sp³-hybridized carbons (Fsp3) is 0.321. The first-order valence-corrected chi connectivity index (χ1v) is 11.3. The number of anilines is 2. The molecular weight excluding hydrogens is 414 g/mol. The SMILES string of the molecule is Cc1cc(OCc2ccccc2)ccc1Nc1cccc(OCCCC(=O)OC(C)(C)C)c1. The van der Waals surface area contributed by atoms with Crippen LogP contribution in [0.4, 0.5) is 11.4 Å². The molecule has 174 valence electrons. The van der Waals surface area contributed by atoms with Crippen molar-refractivity contribution in [3.63, 3.8) is 0 Å². The summed E-state index contributed by atoms with van der Waals surface area (Å²) < 4.78 is 17.1. The minimum absolute atomic E-state index is 0.201. The number of ether oxygens (including phenoxy) is 3. The molecule has 0 heterocycles. The second kappa shape index (κ2) is 11.4. The van der Waals surface area contributed by atoms with Crippen molar-refractivity contribution in [2.45, 2.75) is 52.7 Å². The van der Waals surface area contributed by atoms with Gasteiger partial charge in [-0.2, -0.15) is 0 Å². The molecule has 0 unspecified atom stereocenters. The van der Waals surface area contributed by atoms with E-state index < -0.39 is 5.60 Å². The number of esters is 1. The van der Waals surface area contributed by atoms with Gasteiger partial charge in [0.1, 0.15) is 23.7 Å². The maximum absolute atomic E-state index is 11.8. The Morgan fingerprint density at radius 3 is 2.36 bits per heavy atom. The third-order valence-electron chi connectivity index (χ3n) is 4.77. The van der Waals surface area contributed by atoms with E-state index >= 15 is 0 Å². The lowest BCUT2D eigenvalue weighted by Gasteiger charge is -2.19. The van der Waals surface area contributed by atoms with E-state index in [4.69, 9.17) is 14.2 Å². The molecular formula is C28H33NO4. The average Bonchev–Trinajstić information content (AvgIpc) is 2.77. The van der Waals surface area contributed by atoms with Crippen LogP contribution in [-0.4, -0.2) is 18.2 Å².